The van der Waals surface area contributed by atoms with Gasteiger partial charge in [-0.15, -0.1) is 0 Å². The van der Waals surface area contributed by atoms with Crippen molar-refractivity contribution < 1.29 is 17.4 Å². The molecule has 0 saturated heterocycles. The van der Waals surface area contributed by atoms with Crippen molar-refractivity contribution in [2.75, 3.05) is 0 Å². The van der Waals surface area contributed by atoms with E-state index in [0.717, 1.165) is 0 Å². The SMILES string of the molecule is F[Te](F)(F)(F)(F)F.N. The number of rotatable bonds is 0. The molecular formula is H3F6NTe. The molecule has 0 aromatic heterocycles. The van der Waals surface area contributed by atoms with Crippen LogP contribution in [-0.2, 0) is 0 Å². The predicted molar refractivity (Wildman–Crippen MR) is 17.4 cm³/mol. The molecule has 56 valence electrons. The third-order valence-corrected chi connectivity index (χ3v) is 0. The maximum atomic E-state index is 9.92. The van der Waals surface area contributed by atoms with Crippen LogP contribution in [0.15, 0.2) is 0 Å². The van der Waals surface area contributed by atoms with Gasteiger partial charge in [0.25, 0.3) is 0 Å². The third kappa shape index (κ3) is 1650. The van der Waals surface area contributed by atoms with Crippen LogP contribution in [0, 0.1) is 0 Å². The molecule has 0 amide bonds. The van der Waals surface area contributed by atoms with Crippen molar-refractivity contribution >= 4 is 18.8 Å². The van der Waals surface area contributed by atoms with Crippen LogP contribution in [0.2, 0.25) is 0 Å². The van der Waals surface area contributed by atoms with Crippen molar-refractivity contribution in [3.63, 3.8) is 0 Å². The largest absolute Gasteiger partial charge is 0.344 e. The zero-order chi connectivity index (χ0) is 6.41. The molecule has 3 N–H and O–H groups in total. The van der Waals surface area contributed by atoms with Crippen LogP contribution in [0.3, 0.4) is 0 Å². The average molecular weight is 259 g/mol. The number of hydrogen-bond acceptors (Lipinski definition) is 1. The van der Waals surface area contributed by atoms with Crippen LogP contribution in [-0.4, -0.2) is 18.8 Å². The van der Waals surface area contributed by atoms with Crippen LogP contribution in [0.1, 0.15) is 0 Å². The number of hydrogen-bond donors (Lipinski definition) is 1. The third-order valence-electron chi connectivity index (χ3n) is 0. The molecule has 8 heteroatoms. The van der Waals surface area contributed by atoms with Crippen LogP contribution >= 0.6 is 0 Å². The van der Waals surface area contributed by atoms with Gasteiger partial charge in [0, 0.05) is 0 Å². The topological polar surface area (TPSA) is 35.0 Å². The molecule has 0 saturated carbocycles. The maximum absolute atomic E-state index is 11.2. The fourth-order valence-electron chi connectivity index (χ4n) is 0. The minimum absolute atomic E-state index is 0. The van der Waals surface area contributed by atoms with Gasteiger partial charge in [0.15, 0.2) is 0 Å². The van der Waals surface area contributed by atoms with Crippen molar-refractivity contribution in [2.45, 2.75) is 0 Å². The average Bonchev–Trinajstić information content (AvgIpc) is 0.592. The Morgan fingerprint density at radius 3 is 0.625 bits per heavy atom. The van der Waals surface area contributed by atoms with E-state index in [-0.39, 0.29) is 6.15 Å². The van der Waals surface area contributed by atoms with E-state index in [1.165, 1.54) is 0 Å². The summed E-state index contributed by atoms with van der Waals surface area (Å²) >= 11 is -11.2. The van der Waals surface area contributed by atoms with Crippen LogP contribution in [0.4, 0.5) is 17.4 Å². The first kappa shape index (κ1) is 11.2. The Morgan fingerprint density at radius 1 is 0.625 bits per heavy atom. The van der Waals surface area contributed by atoms with E-state index in [1.54, 1.807) is 0 Å². The molecule has 0 atom stereocenters. The van der Waals surface area contributed by atoms with E-state index in [4.69, 9.17) is 0 Å². The Morgan fingerprint density at radius 2 is 0.625 bits per heavy atom. The molecule has 0 aliphatic rings. The van der Waals surface area contributed by atoms with Crippen LogP contribution < -0.4 is 6.15 Å². The Kier molecular flexibility index (Phi) is 1.74. The Balaban J connectivity index is 0. The van der Waals surface area contributed by atoms with E-state index in [9.17, 15) is 17.4 Å². The quantitative estimate of drug-likeness (QED) is 0.525. The van der Waals surface area contributed by atoms with Gasteiger partial charge in [-0.05, 0) is 0 Å². The molecule has 0 rings (SSSR count). The molecule has 0 aliphatic carbocycles. The van der Waals surface area contributed by atoms with Gasteiger partial charge >= 0.3 is 36.2 Å². The molecule has 8 heavy (non-hydrogen) atoms. The minimum atomic E-state index is -11.2. The van der Waals surface area contributed by atoms with Crippen molar-refractivity contribution in [3.8, 4) is 0 Å². The van der Waals surface area contributed by atoms with Crippen molar-refractivity contribution in [2.24, 2.45) is 0 Å². The molecule has 0 radical (unpaired) electrons. The summed E-state index contributed by atoms with van der Waals surface area (Å²) in [6.45, 7) is 0. The van der Waals surface area contributed by atoms with Gasteiger partial charge < -0.3 is 6.15 Å². The first-order valence-corrected chi connectivity index (χ1v) is 6.21. The second kappa shape index (κ2) is 1.25. The first-order valence-electron chi connectivity index (χ1n) is 0.926. The summed E-state index contributed by atoms with van der Waals surface area (Å²) in [6.07, 6.45) is 0. The van der Waals surface area contributed by atoms with Gasteiger partial charge in [-0.2, -0.15) is 0 Å². The zero-order valence-electron chi connectivity index (χ0n) is 3.38. The van der Waals surface area contributed by atoms with Crippen LogP contribution in [0.25, 0.3) is 0 Å². The smallest absolute Gasteiger partial charge is 0.344 e. The van der Waals surface area contributed by atoms with Gasteiger partial charge in [0.2, 0.25) is 0 Å². The summed E-state index contributed by atoms with van der Waals surface area (Å²) in [7, 11) is 0. The Bertz CT molecular complexity index is 67.1. The summed E-state index contributed by atoms with van der Waals surface area (Å²) < 4.78 is 59.5. The fraction of sp³-hybridized carbons (Fsp3) is 0. The van der Waals surface area contributed by atoms with E-state index in [0.29, 0.717) is 0 Å². The summed E-state index contributed by atoms with van der Waals surface area (Å²) in [5, 5.41) is 0. The Hall–Kier alpha value is 0.330. The van der Waals surface area contributed by atoms with Crippen LogP contribution in [0.5, 0.6) is 0 Å². The molecule has 0 fully saturated rings. The second-order valence-corrected chi connectivity index (χ2v) is 5.87. The summed E-state index contributed by atoms with van der Waals surface area (Å²) in [5.41, 5.74) is 0. The molecule has 0 unspecified atom stereocenters. The van der Waals surface area contributed by atoms with E-state index in [2.05, 4.69) is 0 Å². The molecule has 0 bridgehead atoms. The van der Waals surface area contributed by atoms with Gasteiger partial charge in [-0.25, -0.2) is 0 Å². The van der Waals surface area contributed by atoms with E-state index < -0.39 is 18.8 Å². The van der Waals surface area contributed by atoms with E-state index >= 15 is 0 Å². The molecule has 0 aliphatic heterocycles. The second-order valence-electron chi connectivity index (χ2n) is 0.875. The summed E-state index contributed by atoms with van der Waals surface area (Å²) in [5.74, 6) is 0. The molecule has 0 heterocycles. The van der Waals surface area contributed by atoms with Gasteiger partial charge in [-0.1, -0.05) is 0 Å². The zero-order valence-corrected chi connectivity index (χ0v) is 5.71. The normalized spacial score (nSPS) is 20.2. The fourth-order valence-corrected chi connectivity index (χ4v) is 0. The molecule has 0 spiro atoms. The standard InChI is InChI=1S/F6Te.H3N/c1-7(2,3,4,5)6;/h;1H3. The summed E-state index contributed by atoms with van der Waals surface area (Å²) in [4.78, 5) is 0. The minimum Gasteiger partial charge on any atom is -0.344 e. The molecule has 0 aromatic rings. The van der Waals surface area contributed by atoms with Gasteiger partial charge in [0.05, 0.1) is 0 Å². The molecular weight excluding hydrogens is 256 g/mol. The van der Waals surface area contributed by atoms with E-state index in [1.807, 2.05) is 0 Å². The maximum Gasteiger partial charge on any atom is -0.344 e. The molecule has 1 nitrogen and oxygen atoms in total. The number of halogens is 6. The monoisotopic (exact) mass is 261 g/mol. The van der Waals surface area contributed by atoms with Gasteiger partial charge in [-0.3, -0.25) is 0 Å². The summed E-state index contributed by atoms with van der Waals surface area (Å²) in [6, 6.07) is 0. The van der Waals surface area contributed by atoms with Crippen molar-refractivity contribution in [1.29, 1.82) is 0 Å². The van der Waals surface area contributed by atoms with Gasteiger partial charge in [0.1, 0.15) is 0 Å². The van der Waals surface area contributed by atoms with Crippen molar-refractivity contribution in [1.82, 2.24) is 6.15 Å². The van der Waals surface area contributed by atoms with Crippen molar-refractivity contribution in [3.05, 3.63) is 0 Å². The molecule has 0 aromatic carbocycles. The first-order chi connectivity index (χ1) is 2.45. The predicted octanol–water partition coefficient (Wildman–Crippen LogP) is 2.30. The Labute approximate surface area is 43.0 Å².